The predicted molar refractivity (Wildman–Crippen MR) is 181 cm³/mol. The Morgan fingerprint density at radius 3 is 2.36 bits per heavy atom. The molecular weight excluding hydrogens is 627 g/mol. The first-order valence-electron chi connectivity index (χ1n) is 14.5. The van der Waals surface area contributed by atoms with Gasteiger partial charge >= 0.3 is 5.97 Å². The first-order valence-corrected chi connectivity index (χ1v) is 17.9. The zero-order valence-electron chi connectivity index (χ0n) is 24.6. The number of hydrogen-bond acceptors (Lipinski definition) is 7. The highest BCUT2D eigenvalue weighted by atomic mass is 32.2. The van der Waals surface area contributed by atoms with Crippen LogP contribution in [-0.2, 0) is 21.2 Å². The highest BCUT2D eigenvalue weighted by Gasteiger charge is 2.29. The van der Waals surface area contributed by atoms with E-state index in [0.717, 1.165) is 49.2 Å². The molecule has 1 saturated heterocycles. The van der Waals surface area contributed by atoms with Gasteiger partial charge in [0.2, 0.25) is 5.91 Å². The van der Waals surface area contributed by atoms with E-state index in [9.17, 15) is 23.1 Å². The Balaban J connectivity index is 1.40. The summed E-state index contributed by atoms with van der Waals surface area (Å²) in [7, 11) is -3.16. The van der Waals surface area contributed by atoms with E-state index in [1.165, 1.54) is 21.1 Å². The molecule has 1 N–H and O–H groups in total. The van der Waals surface area contributed by atoms with Gasteiger partial charge in [0.1, 0.15) is 11.4 Å². The Bertz CT molecular complexity index is 2230. The topological polar surface area (TPSA) is 110 Å². The van der Waals surface area contributed by atoms with Crippen molar-refractivity contribution in [2.75, 3.05) is 24.6 Å². The highest BCUT2D eigenvalue weighted by Crippen LogP contribution is 2.45. The fourth-order valence-electron chi connectivity index (χ4n) is 6.07. The summed E-state index contributed by atoms with van der Waals surface area (Å²) in [6, 6.07) is 23.7. The van der Waals surface area contributed by atoms with E-state index < -0.39 is 15.8 Å². The van der Waals surface area contributed by atoms with Crippen molar-refractivity contribution >= 4 is 65.5 Å². The smallest absolute Gasteiger partial charge is 0.345 e. The highest BCUT2D eigenvalue weighted by molar-refractivity contribution is 7.91. The van der Waals surface area contributed by atoms with Gasteiger partial charge in [-0.15, -0.1) is 22.7 Å². The minimum atomic E-state index is -3.16. The molecule has 7 rings (SSSR count). The number of pyridine rings is 1. The zero-order chi connectivity index (χ0) is 31.5. The van der Waals surface area contributed by atoms with Gasteiger partial charge in [-0.25, -0.2) is 18.2 Å². The fourth-order valence-corrected chi connectivity index (χ4v) is 9.27. The van der Waals surface area contributed by atoms with Crippen molar-refractivity contribution in [3.05, 3.63) is 87.4 Å². The molecule has 2 aromatic carbocycles. The molecule has 11 heteroatoms. The molecule has 0 bridgehead atoms. The summed E-state index contributed by atoms with van der Waals surface area (Å²) in [5.74, 6) is -1.36. The van der Waals surface area contributed by atoms with E-state index in [2.05, 4.69) is 32.0 Å². The fraction of sp³-hybridized carbons (Fsp3) is 0.206. The van der Waals surface area contributed by atoms with Crippen LogP contribution in [0.1, 0.15) is 19.4 Å². The van der Waals surface area contributed by atoms with Gasteiger partial charge in [-0.1, -0.05) is 42.5 Å². The number of carboxylic acid groups (broad SMARTS) is 1. The quantitative estimate of drug-likeness (QED) is 0.209. The molecule has 0 aliphatic carbocycles. The van der Waals surface area contributed by atoms with Crippen LogP contribution in [0.4, 0.5) is 0 Å². The number of fused-ring (bicyclic) bond motifs is 2. The number of aryl methyl sites for hydroxylation is 2. The number of carbonyl (C=O) groups is 2. The van der Waals surface area contributed by atoms with Gasteiger partial charge in [0.15, 0.2) is 9.84 Å². The molecule has 45 heavy (non-hydrogen) atoms. The van der Waals surface area contributed by atoms with Crippen LogP contribution in [0.15, 0.2) is 72.8 Å². The predicted octanol–water partition coefficient (Wildman–Crippen LogP) is 6.89. The number of aromatic nitrogens is 2. The van der Waals surface area contributed by atoms with Gasteiger partial charge in [0.05, 0.1) is 38.6 Å². The molecule has 0 saturated carbocycles. The maximum atomic E-state index is 13.7. The molecule has 6 aromatic rings. The number of aromatic carboxylic acids is 1. The lowest BCUT2D eigenvalue weighted by molar-refractivity contribution is -0.131. The van der Waals surface area contributed by atoms with Crippen LogP contribution < -0.4 is 0 Å². The Labute approximate surface area is 268 Å². The number of thiophene rings is 2. The summed E-state index contributed by atoms with van der Waals surface area (Å²) in [6.07, 6.45) is 0. The number of amides is 1. The van der Waals surface area contributed by atoms with Crippen LogP contribution in [0.5, 0.6) is 0 Å². The molecule has 0 atom stereocenters. The van der Waals surface area contributed by atoms with Crippen molar-refractivity contribution < 1.29 is 23.1 Å². The molecule has 8 nitrogen and oxygen atoms in total. The van der Waals surface area contributed by atoms with Crippen molar-refractivity contribution in [2.24, 2.45) is 0 Å². The third-order valence-electron chi connectivity index (χ3n) is 8.28. The number of nitrogens with zero attached hydrogens (tertiary/aromatic N) is 3. The lowest BCUT2D eigenvalue weighted by Crippen LogP contribution is -2.45. The molecule has 1 amide bonds. The normalized spacial score (nSPS) is 14.8. The number of carbonyl (C=O) groups excluding carboxylic acids is 1. The summed E-state index contributed by atoms with van der Waals surface area (Å²) in [4.78, 5) is 35.0. The van der Waals surface area contributed by atoms with Crippen LogP contribution in [0.3, 0.4) is 0 Å². The average molecular weight is 656 g/mol. The monoisotopic (exact) mass is 655 g/mol. The number of sulfone groups is 1. The second-order valence-corrected chi connectivity index (χ2v) is 16.1. The molecule has 0 radical (unpaired) electrons. The van der Waals surface area contributed by atoms with Crippen LogP contribution in [0.25, 0.3) is 54.8 Å². The van der Waals surface area contributed by atoms with Crippen molar-refractivity contribution in [2.45, 2.75) is 20.4 Å². The first kappa shape index (κ1) is 29.4. The van der Waals surface area contributed by atoms with E-state index in [0.29, 0.717) is 5.52 Å². The summed E-state index contributed by atoms with van der Waals surface area (Å²) in [5.41, 5.74) is 6.97. The van der Waals surface area contributed by atoms with Gasteiger partial charge < -0.3 is 14.6 Å². The van der Waals surface area contributed by atoms with E-state index in [1.807, 2.05) is 53.1 Å². The standard InChI is InChI=1S/C34H29N3O5S3/c1-20-16-25(21(2)43-20)27-11-8-23-17-24(9-10-26(23)35-27)32-31(22-6-4-3-5-7-22)33-28(18-29(44-33)34(39)40)37(32)19-30(38)36-12-14-45(41,42)15-13-36/h3-11,16-18H,12-15,19H2,1-2H3,(H,39,40). The van der Waals surface area contributed by atoms with Gasteiger partial charge in [-0.05, 0) is 55.3 Å². The number of hydrogen-bond donors (Lipinski definition) is 1. The van der Waals surface area contributed by atoms with Crippen molar-refractivity contribution in [3.8, 4) is 33.6 Å². The van der Waals surface area contributed by atoms with Gasteiger partial charge in [0, 0.05) is 39.4 Å². The van der Waals surface area contributed by atoms with Gasteiger partial charge in [0.25, 0.3) is 0 Å². The molecule has 228 valence electrons. The molecule has 0 unspecified atom stereocenters. The molecule has 5 heterocycles. The average Bonchev–Trinajstić information content (AvgIpc) is 3.69. The largest absolute Gasteiger partial charge is 0.477 e. The van der Waals surface area contributed by atoms with Crippen LogP contribution in [0.2, 0.25) is 0 Å². The lowest BCUT2D eigenvalue weighted by Gasteiger charge is -2.27. The maximum Gasteiger partial charge on any atom is 0.345 e. The van der Waals surface area contributed by atoms with Gasteiger partial charge in [-0.3, -0.25) is 4.79 Å². The Kier molecular flexibility index (Phi) is 7.34. The minimum Gasteiger partial charge on any atom is -0.477 e. The Morgan fingerprint density at radius 2 is 1.67 bits per heavy atom. The van der Waals surface area contributed by atoms with E-state index in [4.69, 9.17) is 4.98 Å². The molecule has 1 aliphatic rings. The summed E-state index contributed by atoms with van der Waals surface area (Å²) in [6.45, 7) is 4.43. The summed E-state index contributed by atoms with van der Waals surface area (Å²) in [5, 5.41) is 10.8. The van der Waals surface area contributed by atoms with E-state index in [1.54, 1.807) is 22.3 Å². The second kappa shape index (κ2) is 11.2. The third-order valence-corrected chi connectivity index (χ3v) is 12.0. The second-order valence-electron chi connectivity index (χ2n) is 11.3. The summed E-state index contributed by atoms with van der Waals surface area (Å²) < 4.78 is 26.8. The van der Waals surface area contributed by atoms with Crippen molar-refractivity contribution in [1.82, 2.24) is 14.5 Å². The van der Waals surface area contributed by atoms with E-state index >= 15 is 0 Å². The third kappa shape index (κ3) is 5.45. The minimum absolute atomic E-state index is 0.0550. The molecule has 0 spiro atoms. The zero-order valence-corrected chi connectivity index (χ0v) is 27.1. The number of rotatable bonds is 6. The molecule has 4 aromatic heterocycles. The molecule has 1 fully saturated rings. The molecular formula is C34H29N3O5S3. The maximum absolute atomic E-state index is 13.7. The Morgan fingerprint density at radius 1 is 0.911 bits per heavy atom. The molecule has 1 aliphatic heterocycles. The Hall–Kier alpha value is -4.32. The van der Waals surface area contributed by atoms with Crippen molar-refractivity contribution in [3.63, 3.8) is 0 Å². The van der Waals surface area contributed by atoms with Crippen LogP contribution in [-0.4, -0.2) is 64.4 Å². The lowest BCUT2D eigenvalue weighted by atomic mass is 9.99. The van der Waals surface area contributed by atoms with Crippen LogP contribution in [0, 0.1) is 13.8 Å². The SMILES string of the molecule is Cc1cc(-c2ccc3cc(-c4c(-c5ccccc5)c5sc(C(=O)O)cc5n4CC(=O)N4CCS(=O)(=O)CC4)ccc3n2)c(C)s1. The van der Waals surface area contributed by atoms with Crippen molar-refractivity contribution in [1.29, 1.82) is 0 Å². The van der Waals surface area contributed by atoms with E-state index in [-0.39, 0.29) is 41.9 Å². The first-order chi connectivity index (χ1) is 21.6. The number of carboxylic acids is 1. The summed E-state index contributed by atoms with van der Waals surface area (Å²) >= 11 is 2.94. The number of benzene rings is 2. The van der Waals surface area contributed by atoms with Gasteiger partial charge in [-0.2, -0.15) is 0 Å². The van der Waals surface area contributed by atoms with Crippen LogP contribution >= 0.6 is 22.7 Å².